The van der Waals surface area contributed by atoms with Gasteiger partial charge in [-0.1, -0.05) is 36.4 Å². The minimum Gasteiger partial charge on any atom is -0.466 e. The van der Waals surface area contributed by atoms with Crippen LogP contribution in [0, 0.1) is 19.8 Å². The fourth-order valence-corrected chi connectivity index (χ4v) is 5.01. The quantitative estimate of drug-likeness (QED) is 0.269. The fraction of sp³-hybridized carbons (Fsp3) is 0.273. The summed E-state index contributed by atoms with van der Waals surface area (Å²) in [4.78, 5) is 41.2. The van der Waals surface area contributed by atoms with E-state index in [2.05, 4.69) is 10.4 Å². The van der Waals surface area contributed by atoms with Gasteiger partial charge in [-0.2, -0.15) is 9.78 Å². The molecule has 5 rings (SSSR count). The van der Waals surface area contributed by atoms with Gasteiger partial charge in [0.2, 0.25) is 0 Å². The van der Waals surface area contributed by atoms with Gasteiger partial charge in [0, 0.05) is 24.3 Å². The zero-order valence-corrected chi connectivity index (χ0v) is 24.0. The molecule has 1 aliphatic rings. The van der Waals surface area contributed by atoms with Crippen LogP contribution in [0.2, 0.25) is 0 Å². The summed E-state index contributed by atoms with van der Waals surface area (Å²) in [5.41, 5.74) is 3.36. The molecular weight excluding hydrogens is 532 g/mol. The molecule has 0 spiro atoms. The smallest absolute Gasteiger partial charge is 0.310 e. The molecule has 1 saturated heterocycles. The number of benzene rings is 3. The van der Waals surface area contributed by atoms with Crippen molar-refractivity contribution in [3.63, 3.8) is 0 Å². The van der Waals surface area contributed by atoms with E-state index in [0.717, 1.165) is 17.5 Å². The molecule has 0 radical (unpaired) electrons. The number of hydrogen-bond acceptors (Lipinski definition) is 7. The van der Waals surface area contributed by atoms with E-state index in [9.17, 15) is 14.4 Å². The summed E-state index contributed by atoms with van der Waals surface area (Å²) in [6.45, 7) is 6.91. The van der Waals surface area contributed by atoms with Crippen molar-refractivity contribution in [2.24, 2.45) is 5.92 Å². The van der Waals surface area contributed by atoms with Crippen LogP contribution in [-0.2, 0) is 9.53 Å². The zero-order chi connectivity index (χ0) is 29.6. The lowest BCUT2D eigenvalue weighted by molar-refractivity contribution is -0.149. The van der Waals surface area contributed by atoms with Gasteiger partial charge in [-0.05, 0) is 81.1 Å². The van der Waals surface area contributed by atoms with Gasteiger partial charge in [0.05, 0.1) is 24.4 Å². The lowest BCUT2D eigenvalue weighted by Gasteiger charge is -2.31. The van der Waals surface area contributed by atoms with Gasteiger partial charge in [-0.25, -0.2) is 0 Å². The van der Waals surface area contributed by atoms with Crippen LogP contribution in [0.25, 0.3) is 5.69 Å². The molecule has 0 bridgehead atoms. The van der Waals surface area contributed by atoms with Crippen LogP contribution in [0.5, 0.6) is 11.5 Å². The number of para-hydroxylation sites is 1. The Hall–Kier alpha value is -4.92. The first-order valence-electron chi connectivity index (χ1n) is 14.1. The summed E-state index contributed by atoms with van der Waals surface area (Å²) in [6.07, 6.45) is 2.93. The standard InChI is InChI=1S/C33H34N4O5/c1-4-41-33(40)25-13-10-18-36(21-25)31(38)24-12-9-14-26(19-24)35-30-29(42-28-17-8-11-22(2)23(28)3)20-34-37(32(30)39)27-15-6-5-7-16-27/h5-9,11-12,14-17,19-20,25,35H,4,10,13,18,21H2,1-3H3/t25-/m1/s1. The van der Waals surface area contributed by atoms with Crippen LogP contribution in [0.1, 0.15) is 41.3 Å². The van der Waals surface area contributed by atoms with Crippen molar-refractivity contribution in [3.8, 4) is 17.2 Å². The van der Waals surface area contributed by atoms with Crippen molar-refractivity contribution >= 4 is 23.3 Å². The summed E-state index contributed by atoms with van der Waals surface area (Å²) in [5, 5.41) is 7.59. The normalized spacial score (nSPS) is 14.7. The number of carbonyl (C=O) groups is 2. The third kappa shape index (κ3) is 6.20. The Morgan fingerprint density at radius 1 is 1.00 bits per heavy atom. The highest BCUT2D eigenvalue weighted by Crippen LogP contribution is 2.32. The zero-order valence-electron chi connectivity index (χ0n) is 24.0. The van der Waals surface area contributed by atoms with Crippen LogP contribution in [0.15, 0.2) is 83.8 Å². The molecule has 1 fully saturated rings. The van der Waals surface area contributed by atoms with Gasteiger partial charge in [0.25, 0.3) is 11.5 Å². The summed E-state index contributed by atoms with van der Waals surface area (Å²) in [5.74, 6) is 0.0833. The topological polar surface area (TPSA) is 103 Å². The Balaban J connectivity index is 1.47. The van der Waals surface area contributed by atoms with Crippen LogP contribution in [0.3, 0.4) is 0 Å². The van der Waals surface area contributed by atoms with E-state index in [1.165, 1.54) is 10.9 Å². The van der Waals surface area contributed by atoms with E-state index in [1.807, 2.05) is 50.2 Å². The number of rotatable bonds is 8. The Bertz CT molecular complexity index is 1650. The molecule has 42 heavy (non-hydrogen) atoms. The summed E-state index contributed by atoms with van der Waals surface area (Å²) in [6, 6.07) is 21.8. The highest BCUT2D eigenvalue weighted by Gasteiger charge is 2.30. The number of piperidine rings is 1. The van der Waals surface area contributed by atoms with E-state index in [0.29, 0.717) is 48.8 Å². The molecule has 0 saturated carbocycles. The maximum absolute atomic E-state index is 13.8. The third-order valence-electron chi connectivity index (χ3n) is 7.43. The van der Waals surface area contributed by atoms with Crippen LogP contribution in [0.4, 0.5) is 11.4 Å². The van der Waals surface area contributed by atoms with Gasteiger partial charge in [0.15, 0.2) is 11.4 Å². The van der Waals surface area contributed by atoms with E-state index in [4.69, 9.17) is 9.47 Å². The van der Waals surface area contributed by atoms with Crippen LogP contribution in [-0.4, -0.2) is 46.3 Å². The number of ether oxygens (including phenoxy) is 2. The average molecular weight is 567 g/mol. The Morgan fingerprint density at radius 3 is 2.57 bits per heavy atom. The van der Waals surface area contributed by atoms with Gasteiger partial charge in [-0.3, -0.25) is 14.4 Å². The molecule has 0 unspecified atom stereocenters. The lowest BCUT2D eigenvalue weighted by atomic mass is 9.97. The summed E-state index contributed by atoms with van der Waals surface area (Å²) < 4.78 is 12.7. The molecule has 0 aliphatic carbocycles. The molecule has 2 heterocycles. The van der Waals surface area contributed by atoms with Crippen molar-refractivity contribution in [1.29, 1.82) is 0 Å². The second-order valence-corrected chi connectivity index (χ2v) is 10.3. The largest absolute Gasteiger partial charge is 0.466 e. The number of nitrogens with zero attached hydrogens (tertiary/aromatic N) is 3. The van der Waals surface area contributed by atoms with E-state index in [-0.39, 0.29) is 29.2 Å². The van der Waals surface area contributed by atoms with Crippen molar-refractivity contribution in [2.75, 3.05) is 25.0 Å². The molecule has 3 aromatic carbocycles. The average Bonchev–Trinajstić information content (AvgIpc) is 3.01. The summed E-state index contributed by atoms with van der Waals surface area (Å²) in [7, 11) is 0. The second kappa shape index (κ2) is 12.7. The molecule has 216 valence electrons. The Labute approximate surface area is 244 Å². The predicted octanol–water partition coefficient (Wildman–Crippen LogP) is 5.80. The third-order valence-corrected chi connectivity index (χ3v) is 7.43. The number of likely N-dealkylation sites (tertiary alicyclic amines) is 1. The molecule has 9 nitrogen and oxygen atoms in total. The monoisotopic (exact) mass is 566 g/mol. The van der Waals surface area contributed by atoms with E-state index in [1.54, 1.807) is 48.2 Å². The SMILES string of the molecule is CCOC(=O)[C@@H]1CCCN(C(=O)c2cccc(Nc3c(Oc4cccc(C)c4C)cnn(-c4ccccc4)c3=O)c2)C1. The first-order chi connectivity index (χ1) is 20.4. The highest BCUT2D eigenvalue weighted by atomic mass is 16.5. The molecule has 9 heteroatoms. The van der Waals surface area contributed by atoms with Crippen molar-refractivity contribution in [3.05, 3.63) is 106 Å². The Kier molecular flexibility index (Phi) is 8.66. The molecule has 1 aliphatic heterocycles. The molecule has 4 aromatic rings. The number of esters is 1. The van der Waals surface area contributed by atoms with Gasteiger partial charge in [-0.15, -0.1) is 0 Å². The minimum absolute atomic E-state index is 0.180. The molecule has 1 aromatic heterocycles. The van der Waals surface area contributed by atoms with Crippen LogP contribution < -0.4 is 15.6 Å². The minimum atomic E-state index is -0.408. The van der Waals surface area contributed by atoms with Gasteiger partial charge < -0.3 is 19.7 Å². The van der Waals surface area contributed by atoms with Crippen molar-refractivity contribution < 1.29 is 19.1 Å². The molecular formula is C33H34N4O5. The molecule has 1 N–H and O–H groups in total. The number of amides is 1. The predicted molar refractivity (Wildman–Crippen MR) is 161 cm³/mol. The summed E-state index contributed by atoms with van der Waals surface area (Å²) >= 11 is 0. The van der Waals surface area contributed by atoms with E-state index < -0.39 is 5.56 Å². The first kappa shape index (κ1) is 28.6. The number of anilines is 2. The highest BCUT2D eigenvalue weighted by molar-refractivity contribution is 5.95. The molecule has 1 amide bonds. The number of nitrogens with one attached hydrogen (secondary N) is 1. The number of aromatic nitrogens is 2. The molecule has 1 atom stereocenters. The maximum Gasteiger partial charge on any atom is 0.310 e. The number of hydrogen-bond donors (Lipinski definition) is 1. The number of carbonyl (C=O) groups excluding carboxylic acids is 2. The fourth-order valence-electron chi connectivity index (χ4n) is 5.01. The van der Waals surface area contributed by atoms with Crippen molar-refractivity contribution in [2.45, 2.75) is 33.6 Å². The second-order valence-electron chi connectivity index (χ2n) is 10.3. The first-order valence-corrected chi connectivity index (χ1v) is 14.1. The van der Waals surface area contributed by atoms with E-state index >= 15 is 0 Å². The Morgan fingerprint density at radius 2 is 1.79 bits per heavy atom. The number of aryl methyl sites for hydroxylation is 1. The van der Waals surface area contributed by atoms with Crippen LogP contribution >= 0.6 is 0 Å². The van der Waals surface area contributed by atoms with Gasteiger partial charge in [0.1, 0.15) is 5.75 Å². The van der Waals surface area contributed by atoms with Gasteiger partial charge >= 0.3 is 5.97 Å². The maximum atomic E-state index is 13.8. The van der Waals surface area contributed by atoms with Crippen molar-refractivity contribution in [1.82, 2.24) is 14.7 Å². The lowest BCUT2D eigenvalue weighted by Crippen LogP contribution is -2.42.